The lowest BCUT2D eigenvalue weighted by Gasteiger charge is -2.12. The van der Waals surface area contributed by atoms with Crippen LogP contribution in [0.1, 0.15) is 16.1 Å². The highest BCUT2D eigenvalue weighted by atomic mass is 32.2. The molecule has 2 heterocycles. The van der Waals surface area contributed by atoms with Crippen LogP contribution in [0.15, 0.2) is 64.2 Å². The van der Waals surface area contributed by atoms with Crippen LogP contribution in [-0.2, 0) is 10.0 Å². The number of aromatic nitrogens is 2. The predicted molar refractivity (Wildman–Crippen MR) is 84.0 cm³/mol. The number of hydrogen-bond acceptors (Lipinski definition) is 7. The molecule has 0 atom stereocenters. The summed E-state index contributed by atoms with van der Waals surface area (Å²) in [7, 11) is -4.30. The molecule has 0 spiro atoms. The lowest BCUT2D eigenvalue weighted by molar-refractivity contribution is -0.255. The third kappa shape index (κ3) is 3.31. The molecule has 0 aliphatic heterocycles. The molecule has 9 heteroatoms. The highest BCUT2D eigenvalue weighted by Crippen LogP contribution is 2.22. The maximum atomic E-state index is 12.5. The summed E-state index contributed by atoms with van der Waals surface area (Å²) in [5.74, 6) is -2.57. The number of sulfonamides is 1. The van der Waals surface area contributed by atoms with Gasteiger partial charge in [-0.3, -0.25) is 9.97 Å². The molecule has 126 valence electrons. The molecular weight excluding hydrogens is 346 g/mol. The fraction of sp³-hybridized carbons (Fsp3) is 0. The quantitative estimate of drug-likeness (QED) is 0.454. The predicted octanol–water partition coefficient (Wildman–Crippen LogP) is -0.511. The van der Waals surface area contributed by atoms with E-state index >= 15 is 0 Å². The Hall–Kier alpha value is -3.33. The van der Waals surface area contributed by atoms with Crippen molar-refractivity contribution >= 4 is 32.8 Å². The second kappa shape index (κ2) is 6.29. The normalized spacial score (nSPS) is 12.2. The van der Waals surface area contributed by atoms with E-state index < -0.39 is 21.9 Å². The summed E-state index contributed by atoms with van der Waals surface area (Å²) in [5.41, 5.74) is -0.341. The highest BCUT2D eigenvalue weighted by Gasteiger charge is 2.17. The molecule has 0 aliphatic rings. The van der Waals surface area contributed by atoms with Gasteiger partial charge in [-0.2, -0.15) is 12.8 Å². The zero-order valence-corrected chi connectivity index (χ0v) is 13.3. The van der Waals surface area contributed by atoms with Crippen LogP contribution in [0, 0.1) is 0 Å². The SMILES string of the molecule is O=C([O-])c1ccc(/C([O-])=N/S(=O)(=O)c2cccc3cccnc23)cn1. The first-order valence-corrected chi connectivity index (χ1v) is 8.36. The fourth-order valence-electron chi connectivity index (χ4n) is 2.14. The van der Waals surface area contributed by atoms with Crippen molar-refractivity contribution in [1.82, 2.24) is 9.97 Å². The smallest absolute Gasteiger partial charge is 0.283 e. The van der Waals surface area contributed by atoms with Crippen LogP contribution in [0.25, 0.3) is 10.9 Å². The van der Waals surface area contributed by atoms with Gasteiger partial charge in [0.2, 0.25) is 0 Å². The zero-order chi connectivity index (χ0) is 18.0. The van der Waals surface area contributed by atoms with E-state index in [2.05, 4.69) is 14.4 Å². The molecule has 3 aromatic rings. The molecular formula is C16H9N3O5S-2. The second-order valence-electron chi connectivity index (χ2n) is 4.92. The summed E-state index contributed by atoms with van der Waals surface area (Å²) in [6.07, 6.45) is 2.36. The van der Waals surface area contributed by atoms with Crippen molar-refractivity contribution in [3.63, 3.8) is 0 Å². The van der Waals surface area contributed by atoms with Crippen LogP contribution in [0.2, 0.25) is 0 Å². The molecule has 0 unspecified atom stereocenters. The third-order valence-corrected chi connectivity index (χ3v) is 4.59. The van der Waals surface area contributed by atoms with Crippen LogP contribution in [0.4, 0.5) is 0 Å². The van der Waals surface area contributed by atoms with Crippen molar-refractivity contribution in [3.8, 4) is 0 Å². The monoisotopic (exact) mass is 355 g/mol. The molecule has 0 saturated heterocycles. The van der Waals surface area contributed by atoms with Gasteiger partial charge >= 0.3 is 0 Å². The minimum atomic E-state index is -4.30. The van der Waals surface area contributed by atoms with Crippen molar-refractivity contribution in [2.45, 2.75) is 4.90 Å². The van der Waals surface area contributed by atoms with Gasteiger partial charge in [0, 0.05) is 29.2 Å². The van der Waals surface area contributed by atoms with E-state index in [0.717, 1.165) is 18.3 Å². The summed E-state index contributed by atoms with van der Waals surface area (Å²) < 4.78 is 28.2. The molecule has 0 fully saturated rings. The van der Waals surface area contributed by atoms with Crippen molar-refractivity contribution < 1.29 is 23.4 Å². The Kier molecular flexibility index (Phi) is 4.15. The third-order valence-electron chi connectivity index (χ3n) is 3.30. The van der Waals surface area contributed by atoms with E-state index in [1.807, 2.05) is 0 Å². The molecule has 25 heavy (non-hydrogen) atoms. The van der Waals surface area contributed by atoms with Crippen LogP contribution < -0.4 is 10.2 Å². The van der Waals surface area contributed by atoms with Crippen LogP contribution in [0.3, 0.4) is 0 Å². The number of fused-ring (bicyclic) bond motifs is 1. The highest BCUT2D eigenvalue weighted by molar-refractivity contribution is 7.90. The molecule has 0 bridgehead atoms. The lowest BCUT2D eigenvalue weighted by atomic mass is 10.2. The first-order valence-electron chi connectivity index (χ1n) is 6.92. The fourth-order valence-corrected chi connectivity index (χ4v) is 3.22. The molecule has 0 saturated carbocycles. The molecule has 0 N–H and O–H groups in total. The number of nitrogens with zero attached hydrogens (tertiary/aromatic N) is 3. The van der Waals surface area contributed by atoms with Gasteiger partial charge < -0.3 is 15.0 Å². The maximum absolute atomic E-state index is 12.5. The number of carbonyl (C=O) groups excluding carboxylic acids is 1. The van der Waals surface area contributed by atoms with Crippen molar-refractivity contribution in [3.05, 3.63) is 66.1 Å². The number of pyridine rings is 2. The minimum absolute atomic E-state index is 0.165. The Morgan fingerprint density at radius 2 is 1.76 bits per heavy atom. The number of carbonyl (C=O) groups is 1. The standard InChI is InChI=1S/C16H11N3O5S/c20-15(11-6-7-12(16(21)22)18-9-11)19-25(23,24)13-5-1-3-10-4-2-8-17-14(10)13/h1-9H,(H,19,20)(H,21,22)/p-2. The summed E-state index contributed by atoms with van der Waals surface area (Å²) in [6.45, 7) is 0. The van der Waals surface area contributed by atoms with Crippen molar-refractivity contribution in [2.24, 2.45) is 4.40 Å². The van der Waals surface area contributed by atoms with Crippen LogP contribution >= 0.6 is 0 Å². The Labute approximate surface area is 142 Å². The average Bonchev–Trinajstić information content (AvgIpc) is 2.61. The van der Waals surface area contributed by atoms with Crippen LogP contribution in [0.5, 0.6) is 0 Å². The number of para-hydroxylation sites is 1. The van der Waals surface area contributed by atoms with E-state index in [9.17, 15) is 23.4 Å². The van der Waals surface area contributed by atoms with Crippen molar-refractivity contribution in [1.29, 1.82) is 0 Å². The number of carboxylic acid groups (broad SMARTS) is 1. The van der Waals surface area contributed by atoms with Crippen molar-refractivity contribution in [2.75, 3.05) is 0 Å². The molecule has 8 nitrogen and oxygen atoms in total. The zero-order valence-electron chi connectivity index (χ0n) is 12.5. The minimum Gasteiger partial charge on any atom is -0.858 e. The molecule has 0 radical (unpaired) electrons. The summed E-state index contributed by atoms with van der Waals surface area (Å²) in [4.78, 5) is 18.0. The van der Waals surface area contributed by atoms with Gasteiger partial charge in [-0.05, 0) is 18.2 Å². The van der Waals surface area contributed by atoms with E-state index in [1.54, 1.807) is 18.2 Å². The molecule has 2 aromatic heterocycles. The number of hydrogen-bond donors (Lipinski definition) is 0. The number of carboxylic acids is 1. The topological polar surface area (TPSA) is 135 Å². The molecule has 3 rings (SSSR count). The van der Waals surface area contributed by atoms with Gasteiger partial charge in [-0.15, -0.1) is 0 Å². The van der Waals surface area contributed by atoms with Crippen LogP contribution in [-0.4, -0.2) is 30.3 Å². The Balaban J connectivity index is 2.04. The van der Waals surface area contributed by atoms with Gasteiger partial charge in [0.05, 0.1) is 17.2 Å². The molecule has 1 aromatic carbocycles. The van der Waals surface area contributed by atoms with Gasteiger partial charge in [-0.25, -0.2) is 0 Å². The van der Waals surface area contributed by atoms with E-state index in [1.165, 1.54) is 18.3 Å². The number of benzene rings is 1. The number of rotatable bonds is 4. The second-order valence-corrected chi connectivity index (χ2v) is 6.49. The van der Waals surface area contributed by atoms with Gasteiger partial charge in [0.15, 0.2) is 0 Å². The maximum Gasteiger partial charge on any atom is 0.283 e. The number of aromatic carboxylic acids is 1. The van der Waals surface area contributed by atoms with E-state index in [0.29, 0.717) is 5.39 Å². The summed E-state index contributed by atoms with van der Waals surface area (Å²) in [5, 5.41) is 23.3. The van der Waals surface area contributed by atoms with Gasteiger partial charge in [-0.1, -0.05) is 24.3 Å². The first kappa shape index (κ1) is 16.5. The molecule has 0 amide bonds. The van der Waals surface area contributed by atoms with Gasteiger partial charge in [0.1, 0.15) is 4.90 Å². The summed E-state index contributed by atoms with van der Waals surface area (Å²) >= 11 is 0. The van der Waals surface area contributed by atoms with Gasteiger partial charge in [0.25, 0.3) is 10.0 Å². The van der Waals surface area contributed by atoms with E-state index in [-0.39, 0.29) is 21.7 Å². The largest absolute Gasteiger partial charge is 0.858 e. The van der Waals surface area contributed by atoms with E-state index in [4.69, 9.17) is 0 Å². The Bertz CT molecular complexity index is 1090. The first-order chi connectivity index (χ1) is 11.9. The summed E-state index contributed by atoms with van der Waals surface area (Å²) in [6, 6.07) is 10.0. The Morgan fingerprint density at radius 3 is 2.44 bits per heavy atom. The molecule has 0 aliphatic carbocycles. The average molecular weight is 355 g/mol. The lowest BCUT2D eigenvalue weighted by Crippen LogP contribution is -2.25. The Morgan fingerprint density at radius 1 is 1.00 bits per heavy atom.